The van der Waals surface area contributed by atoms with Crippen molar-refractivity contribution in [3.05, 3.63) is 58.2 Å². The Hall–Kier alpha value is -2.29. The van der Waals surface area contributed by atoms with Crippen LogP contribution in [0.25, 0.3) is 5.57 Å². The molecule has 0 aliphatic heterocycles. The number of rotatable bonds is 5. The number of carboxylic acid groups (broad SMARTS) is 1. The Morgan fingerprint density at radius 3 is 2.23 bits per heavy atom. The summed E-state index contributed by atoms with van der Waals surface area (Å²) in [6.07, 6.45) is 12.0. The summed E-state index contributed by atoms with van der Waals surface area (Å²) in [4.78, 5) is 10.9. The summed E-state index contributed by atoms with van der Waals surface area (Å²) in [6.45, 7) is 11.2. The van der Waals surface area contributed by atoms with Gasteiger partial charge in [0, 0.05) is 11.6 Å². The van der Waals surface area contributed by atoms with Crippen LogP contribution in [-0.2, 0) is 15.6 Å². The number of carboxylic acids is 1. The van der Waals surface area contributed by atoms with Crippen molar-refractivity contribution >= 4 is 11.5 Å². The summed E-state index contributed by atoms with van der Waals surface area (Å²) in [6, 6.07) is 4.67. The molecule has 162 valence electrons. The van der Waals surface area contributed by atoms with Crippen molar-refractivity contribution in [1.29, 1.82) is 0 Å². The van der Waals surface area contributed by atoms with Crippen LogP contribution in [0.4, 0.5) is 0 Å². The molecule has 0 spiro atoms. The number of fused-ring (bicyclic) bond motifs is 1. The molecule has 3 heteroatoms. The number of hydrogen-bond donors (Lipinski definition) is 1. The number of benzene rings is 1. The standard InChI is InChI=1S/C27H36O3/c1-18(15-25(28)29)11-12-19-9-7-8-10-20(19)21-16-22-23(17-24(21)30-6)27(4,5)14-13-26(22,2)3/h11-12,15-17H,7-10,13-14H2,1-6H3,(H,28,29). The maximum atomic E-state index is 10.9. The molecule has 1 aromatic carbocycles. The fourth-order valence-electron chi connectivity index (χ4n) is 4.89. The summed E-state index contributed by atoms with van der Waals surface area (Å²) >= 11 is 0. The lowest BCUT2D eigenvalue weighted by Crippen LogP contribution is -2.34. The molecule has 2 aliphatic rings. The third kappa shape index (κ3) is 4.55. The van der Waals surface area contributed by atoms with E-state index in [1.165, 1.54) is 53.2 Å². The predicted octanol–water partition coefficient (Wildman–Crippen LogP) is 6.96. The number of methoxy groups -OCH3 is 1. The van der Waals surface area contributed by atoms with Gasteiger partial charge in [0.15, 0.2) is 0 Å². The number of carbonyl (C=O) groups is 1. The summed E-state index contributed by atoms with van der Waals surface area (Å²) in [5.74, 6) is 0.0522. The van der Waals surface area contributed by atoms with Gasteiger partial charge in [-0.25, -0.2) is 4.79 Å². The minimum Gasteiger partial charge on any atom is -0.496 e. The van der Waals surface area contributed by atoms with Crippen molar-refractivity contribution in [3.63, 3.8) is 0 Å². The molecule has 0 atom stereocenters. The van der Waals surface area contributed by atoms with E-state index in [0.717, 1.165) is 30.6 Å². The first kappa shape index (κ1) is 22.4. The number of allylic oxidation sites excluding steroid dienone is 5. The predicted molar refractivity (Wildman–Crippen MR) is 124 cm³/mol. The first-order valence-electron chi connectivity index (χ1n) is 11.1. The van der Waals surface area contributed by atoms with Gasteiger partial charge in [0.1, 0.15) is 5.75 Å². The van der Waals surface area contributed by atoms with E-state index < -0.39 is 5.97 Å². The minimum absolute atomic E-state index is 0.151. The largest absolute Gasteiger partial charge is 0.496 e. The van der Waals surface area contributed by atoms with E-state index in [4.69, 9.17) is 9.84 Å². The van der Waals surface area contributed by atoms with Gasteiger partial charge in [-0.1, -0.05) is 39.8 Å². The van der Waals surface area contributed by atoms with Crippen LogP contribution in [0.1, 0.15) is 89.8 Å². The normalized spacial score (nSPS) is 20.9. The first-order chi connectivity index (χ1) is 14.0. The maximum Gasteiger partial charge on any atom is 0.328 e. The zero-order chi connectivity index (χ0) is 22.1. The highest BCUT2D eigenvalue weighted by atomic mass is 16.5. The average Bonchev–Trinajstić information content (AvgIpc) is 2.69. The van der Waals surface area contributed by atoms with Crippen LogP contribution in [0.15, 0.2) is 41.5 Å². The van der Waals surface area contributed by atoms with Gasteiger partial charge < -0.3 is 9.84 Å². The van der Waals surface area contributed by atoms with Gasteiger partial charge in [0.2, 0.25) is 0 Å². The molecule has 0 radical (unpaired) electrons. The van der Waals surface area contributed by atoms with E-state index in [1.807, 2.05) is 13.0 Å². The molecule has 1 N–H and O–H groups in total. The zero-order valence-corrected chi connectivity index (χ0v) is 19.4. The van der Waals surface area contributed by atoms with E-state index in [0.29, 0.717) is 0 Å². The Bertz CT molecular complexity index is 926. The summed E-state index contributed by atoms with van der Waals surface area (Å²) in [7, 11) is 1.77. The summed E-state index contributed by atoms with van der Waals surface area (Å²) < 4.78 is 5.91. The third-order valence-corrected chi connectivity index (χ3v) is 6.91. The van der Waals surface area contributed by atoms with Gasteiger partial charge >= 0.3 is 5.97 Å². The quantitative estimate of drug-likeness (QED) is 0.423. The third-order valence-electron chi connectivity index (χ3n) is 6.91. The van der Waals surface area contributed by atoms with Gasteiger partial charge in [0.05, 0.1) is 7.11 Å². The lowest BCUT2D eigenvalue weighted by atomic mass is 9.62. The van der Waals surface area contributed by atoms with Crippen molar-refractivity contribution in [2.24, 2.45) is 0 Å². The molecular formula is C27H36O3. The van der Waals surface area contributed by atoms with E-state index >= 15 is 0 Å². The molecule has 0 saturated carbocycles. The lowest BCUT2D eigenvalue weighted by Gasteiger charge is -2.42. The van der Waals surface area contributed by atoms with Crippen molar-refractivity contribution in [3.8, 4) is 5.75 Å². The SMILES string of the molecule is COc1cc2c(cc1C1=C(C=CC(C)=CC(=O)O)CCCC1)C(C)(C)CCC2(C)C. The minimum atomic E-state index is -0.906. The smallest absolute Gasteiger partial charge is 0.328 e. The molecule has 0 fully saturated rings. The molecule has 0 unspecified atom stereocenters. The van der Waals surface area contributed by atoms with Crippen molar-refractivity contribution < 1.29 is 14.6 Å². The van der Waals surface area contributed by atoms with Gasteiger partial charge in [-0.3, -0.25) is 0 Å². The highest BCUT2D eigenvalue weighted by Crippen LogP contribution is 2.49. The average molecular weight is 409 g/mol. The van der Waals surface area contributed by atoms with Gasteiger partial charge in [-0.15, -0.1) is 0 Å². The van der Waals surface area contributed by atoms with Gasteiger partial charge in [-0.05, 0) is 96.3 Å². The van der Waals surface area contributed by atoms with Crippen LogP contribution in [-0.4, -0.2) is 18.2 Å². The first-order valence-corrected chi connectivity index (χ1v) is 11.1. The fourth-order valence-corrected chi connectivity index (χ4v) is 4.89. The maximum absolute atomic E-state index is 10.9. The second-order valence-electron chi connectivity index (χ2n) is 10.1. The number of aliphatic carboxylic acids is 1. The number of ether oxygens (including phenoxy) is 1. The monoisotopic (exact) mass is 408 g/mol. The Balaban J connectivity index is 2.16. The highest BCUT2D eigenvalue weighted by Gasteiger charge is 2.38. The molecule has 0 aromatic heterocycles. The molecule has 1 aromatic rings. The molecule has 0 bridgehead atoms. The Morgan fingerprint density at radius 2 is 1.63 bits per heavy atom. The van der Waals surface area contributed by atoms with Crippen molar-refractivity contribution in [2.75, 3.05) is 7.11 Å². The van der Waals surface area contributed by atoms with Crippen LogP contribution in [0.3, 0.4) is 0 Å². The molecular weight excluding hydrogens is 372 g/mol. The Morgan fingerprint density at radius 1 is 1.03 bits per heavy atom. The lowest BCUT2D eigenvalue weighted by molar-refractivity contribution is -0.131. The Kier molecular flexibility index (Phi) is 6.31. The molecule has 3 rings (SSSR count). The number of hydrogen-bond acceptors (Lipinski definition) is 2. The molecule has 0 saturated heterocycles. The van der Waals surface area contributed by atoms with E-state index in [2.05, 4.69) is 45.9 Å². The van der Waals surface area contributed by atoms with Crippen LogP contribution in [0.2, 0.25) is 0 Å². The molecule has 0 amide bonds. The van der Waals surface area contributed by atoms with E-state index in [1.54, 1.807) is 7.11 Å². The van der Waals surface area contributed by atoms with Crippen LogP contribution in [0.5, 0.6) is 5.75 Å². The fraction of sp³-hybridized carbons (Fsp3) is 0.519. The van der Waals surface area contributed by atoms with E-state index in [9.17, 15) is 4.79 Å². The molecule has 2 aliphatic carbocycles. The Labute approximate surface area is 181 Å². The van der Waals surface area contributed by atoms with Crippen LogP contribution < -0.4 is 4.74 Å². The van der Waals surface area contributed by atoms with Crippen molar-refractivity contribution in [1.82, 2.24) is 0 Å². The van der Waals surface area contributed by atoms with E-state index in [-0.39, 0.29) is 10.8 Å². The molecule has 0 heterocycles. The van der Waals surface area contributed by atoms with Crippen LogP contribution >= 0.6 is 0 Å². The second-order valence-corrected chi connectivity index (χ2v) is 10.1. The summed E-state index contributed by atoms with van der Waals surface area (Å²) in [5.41, 5.74) is 7.76. The van der Waals surface area contributed by atoms with Crippen molar-refractivity contribution in [2.45, 2.75) is 84.0 Å². The van der Waals surface area contributed by atoms with Gasteiger partial charge in [0.25, 0.3) is 0 Å². The molecule has 30 heavy (non-hydrogen) atoms. The highest BCUT2D eigenvalue weighted by molar-refractivity contribution is 5.81. The summed E-state index contributed by atoms with van der Waals surface area (Å²) in [5, 5.41) is 8.98. The molecule has 3 nitrogen and oxygen atoms in total. The topological polar surface area (TPSA) is 46.5 Å². The second kappa shape index (κ2) is 8.45. The zero-order valence-electron chi connectivity index (χ0n) is 19.4. The van der Waals surface area contributed by atoms with Gasteiger partial charge in [-0.2, -0.15) is 0 Å². The van der Waals surface area contributed by atoms with Crippen LogP contribution in [0, 0.1) is 0 Å².